The van der Waals surface area contributed by atoms with E-state index in [9.17, 15) is 0 Å². The van der Waals surface area contributed by atoms with Crippen LogP contribution in [-0.4, -0.2) is 50.1 Å². The fourth-order valence-electron chi connectivity index (χ4n) is 3.41. The zero-order valence-electron chi connectivity index (χ0n) is 16.5. The second-order valence-corrected chi connectivity index (χ2v) is 7.37. The Morgan fingerprint density at radius 2 is 2.00 bits per heavy atom. The van der Waals surface area contributed by atoms with Crippen molar-refractivity contribution in [2.75, 3.05) is 39.3 Å². The van der Waals surface area contributed by atoms with E-state index in [4.69, 9.17) is 4.99 Å². The molecule has 1 heterocycles. The minimum atomic E-state index is 0.433. The molecule has 1 aliphatic rings. The predicted octanol–water partition coefficient (Wildman–Crippen LogP) is 3.39. The number of nitrogens with one attached hydrogen (secondary N) is 2. The second-order valence-electron chi connectivity index (χ2n) is 7.37. The highest BCUT2D eigenvalue weighted by atomic mass is 15.2. The Balaban J connectivity index is 1.82. The minimum absolute atomic E-state index is 0.433. The van der Waals surface area contributed by atoms with Gasteiger partial charge >= 0.3 is 0 Å². The van der Waals surface area contributed by atoms with E-state index >= 15 is 0 Å². The van der Waals surface area contributed by atoms with Gasteiger partial charge in [0, 0.05) is 32.1 Å². The van der Waals surface area contributed by atoms with Crippen molar-refractivity contribution in [3.63, 3.8) is 0 Å². The van der Waals surface area contributed by atoms with E-state index < -0.39 is 0 Å². The summed E-state index contributed by atoms with van der Waals surface area (Å²) < 4.78 is 0. The number of nitrogens with zero attached hydrogens (tertiary/aromatic N) is 2. The van der Waals surface area contributed by atoms with Crippen LogP contribution in [0.1, 0.15) is 50.7 Å². The molecule has 0 spiro atoms. The van der Waals surface area contributed by atoms with Gasteiger partial charge in [0.15, 0.2) is 5.96 Å². The van der Waals surface area contributed by atoms with E-state index in [1.165, 1.54) is 43.6 Å². The molecule has 2 unspecified atom stereocenters. The van der Waals surface area contributed by atoms with Gasteiger partial charge in [-0.15, -0.1) is 0 Å². The van der Waals surface area contributed by atoms with Gasteiger partial charge < -0.3 is 15.5 Å². The Labute approximate surface area is 154 Å². The summed E-state index contributed by atoms with van der Waals surface area (Å²) in [5.41, 5.74) is 2.67. The van der Waals surface area contributed by atoms with Crippen LogP contribution in [0.4, 0.5) is 0 Å². The summed E-state index contributed by atoms with van der Waals surface area (Å²) in [4.78, 5) is 7.39. The van der Waals surface area contributed by atoms with Crippen molar-refractivity contribution in [2.24, 2.45) is 10.9 Å². The molecule has 0 bridgehead atoms. The second kappa shape index (κ2) is 10.4. The van der Waals surface area contributed by atoms with E-state index in [0.29, 0.717) is 5.92 Å². The summed E-state index contributed by atoms with van der Waals surface area (Å²) in [5.74, 6) is 2.13. The smallest absolute Gasteiger partial charge is 0.191 e. The van der Waals surface area contributed by atoms with Crippen LogP contribution >= 0.6 is 0 Å². The number of likely N-dealkylation sites (tertiary alicyclic amines) is 1. The van der Waals surface area contributed by atoms with Crippen molar-refractivity contribution in [2.45, 2.75) is 46.5 Å². The summed E-state index contributed by atoms with van der Waals surface area (Å²) in [6.07, 6.45) is 2.55. The van der Waals surface area contributed by atoms with Crippen LogP contribution in [0.15, 0.2) is 29.3 Å². The lowest BCUT2D eigenvalue weighted by Gasteiger charge is -2.17. The molecule has 0 radical (unpaired) electrons. The zero-order valence-corrected chi connectivity index (χ0v) is 16.5. The number of guanidine groups is 1. The number of aliphatic imine (C=N–C) groups is 1. The molecule has 2 N–H and O–H groups in total. The average Bonchev–Trinajstić information content (AvgIpc) is 3.05. The standard InChI is InChI=1S/C21H36N4/c1-5-12-25-13-11-19(16-25)15-24-21(22-6-2)23-14-18(4)20-9-7-17(3)8-10-20/h7-10,18-19H,5-6,11-16H2,1-4H3,(H2,22,23,24). The molecule has 2 rings (SSSR count). The summed E-state index contributed by atoms with van der Waals surface area (Å²) >= 11 is 0. The van der Waals surface area contributed by atoms with Crippen LogP contribution in [0.2, 0.25) is 0 Å². The molecule has 1 aromatic rings. The zero-order chi connectivity index (χ0) is 18.1. The molecule has 1 fully saturated rings. The van der Waals surface area contributed by atoms with Crippen LogP contribution in [0.3, 0.4) is 0 Å². The van der Waals surface area contributed by atoms with Crippen LogP contribution < -0.4 is 10.6 Å². The highest BCUT2D eigenvalue weighted by Crippen LogP contribution is 2.17. The molecular weight excluding hydrogens is 308 g/mol. The van der Waals surface area contributed by atoms with Gasteiger partial charge in [-0.25, -0.2) is 0 Å². The Kier molecular flexibility index (Phi) is 8.26. The maximum atomic E-state index is 4.81. The number of aryl methyl sites for hydroxylation is 1. The van der Waals surface area contributed by atoms with E-state index in [1.807, 2.05) is 0 Å². The van der Waals surface area contributed by atoms with Crippen molar-refractivity contribution in [3.8, 4) is 0 Å². The molecule has 0 amide bonds. The molecule has 25 heavy (non-hydrogen) atoms. The SMILES string of the molecule is CCCN1CCC(CNC(=NCC(C)c2ccc(C)cc2)NCC)C1. The summed E-state index contributed by atoms with van der Waals surface area (Å²) in [6.45, 7) is 15.2. The van der Waals surface area contributed by atoms with Crippen molar-refractivity contribution in [3.05, 3.63) is 35.4 Å². The molecule has 4 nitrogen and oxygen atoms in total. The van der Waals surface area contributed by atoms with Gasteiger partial charge in [-0.1, -0.05) is 43.7 Å². The number of hydrogen-bond acceptors (Lipinski definition) is 2. The molecule has 1 aliphatic heterocycles. The minimum Gasteiger partial charge on any atom is -0.357 e. The monoisotopic (exact) mass is 344 g/mol. The van der Waals surface area contributed by atoms with Gasteiger partial charge in [0.2, 0.25) is 0 Å². The highest BCUT2D eigenvalue weighted by Gasteiger charge is 2.21. The molecule has 4 heteroatoms. The first-order valence-electron chi connectivity index (χ1n) is 9.93. The maximum absolute atomic E-state index is 4.81. The third-order valence-electron chi connectivity index (χ3n) is 4.98. The Morgan fingerprint density at radius 1 is 1.24 bits per heavy atom. The van der Waals surface area contributed by atoms with Crippen LogP contribution in [0.5, 0.6) is 0 Å². The number of benzene rings is 1. The lowest BCUT2D eigenvalue weighted by Crippen LogP contribution is -2.40. The van der Waals surface area contributed by atoms with Gasteiger partial charge in [0.05, 0.1) is 0 Å². The lowest BCUT2D eigenvalue weighted by atomic mass is 10.0. The van der Waals surface area contributed by atoms with E-state index in [-0.39, 0.29) is 0 Å². The fraction of sp³-hybridized carbons (Fsp3) is 0.667. The molecule has 1 aromatic carbocycles. The first-order chi connectivity index (χ1) is 12.1. The van der Waals surface area contributed by atoms with Gasteiger partial charge in [0.25, 0.3) is 0 Å². The van der Waals surface area contributed by atoms with E-state index in [2.05, 4.69) is 67.5 Å². The fourth-order valence-corrected chi connectivity index (χ4v) is 3.41. The molecule has 0 aromatic heterocycles. The Morgan fingerprint density at radius 3 is 2.68 bits per heavy atom. The molecule has 2 atom stereocenters. The maximum Gasteiger partial charge on any atom is 0.191 e. The molecule has 0 saturated carbocycles. The molecule has 1 saturated heterocycles. The van der Waals surface area contributed by atoms with Crippen molar-refractivity contribution in [1.29, 1.82) is 0 Å². The predicted molar refractivity (Wildman–Crippen MR) is 108 cm³/mol. The van der Waals surface area contributed by atoms with Crippen molar-refractivity contribution >= 4 is 5.96 Å². The molecular formula is C21H36N4. The lowest BCUT2D eigenvalue weighted by molar-refractivity contribution is 0.324. The van der Waals surface area contributed by atoms with Crippen molar-refractivity contribution in [1.82, 2.24) is 15.5 Å². The summed E-state index contributed by atoms with van der Waals surface area (Å²) in [5, 5.41) is 6.94. The van der Waals surface area contributed by atoms with Crippen LogP contribution in [-0.2, 0) is 0 Å². The molecule has 140 valence electrons. The third kappa shape index (κ3) is 6.69. The summed E-state index contributed by atoms with van der Waals surface area (Å²) in [6, 6.07) is 8.80. The first kappa shape index (κ1) is 19.8. The Bertz CT molecular complexity index is 523. The average molecular weight is 345 g/mol. The molecule has 0 aliphatic carbocycles. The van der Waals surface area contributed by atoms with Crippen LogP contribution in [0.25, 0.3) is 0 Å². The third-order valence-corrected chi connectivity index (χ3v) is 4.98. The van der Waals surface area contributed by atoms with Gasteiger partial charge in [-0.3, -0.25) is 4.99 Å². The van der Waals surface area contributed by atoms with Crippen LogP contribution in [0, 0.1) is 12.8 Å². The Hall–Kier alpha value is -1.55. The topological polar surface area (TPSA) is 39.7 Å². The normalized spacial score (nSPS) is 19.8. The summed E-state index contributed by atoms with van der Waals surface area (Å²) in [7, 11) is 0. The number of hydrogen-bond donors (Lipinski definition) is 2. The van der Waals surface area contributed by atoms with Gasteiger partial charge in [0.1, 0.15) is 0 Å². The van der Waals surface area contributed by atoms with Crippen molar-refractivity contribution < 1.29 is 0 Å². The largest absolute Gasteiger partial charge is 0.357 e. The van der Waals surface area contributed by atoms with Gasteiger partial charge in [-0.05, 0) is 51.3 Å². The quantitative estimate of drug-likeness (QED) is 0.561. The highest BCUT2D eigenvalue weighted by molar-refractivity contribution is 5.79. The van der Waals surface area contributed by atoms with Gasteiger partial charge in [-0.2, -0.15) is 0 Å². The van der Waals surface area contributed by atoms with E-state index in [0.717, 1.165) is 31.5 Å². The first-order valence-corrected chi connectivity index (χ1v) is 9.93. The number of rotatable bonds is 8. The van der Waals surface area contributed by atoms with E-state index in [1.54, 1.807) is 0 Å².